The number of benzene rings is 2. The number of nitrogens with one attached hydrogen (secondary N) is 2. The summed E-state index contributed by atoms with van der Waals surface area (Å²) in [5.74, 6) is -0.0395. The number of hydrogen-bond donors (Lipinski definition) is 3. The van der Waals surface area contributed by atoms with Gasteiger partial charge in [0.1, 0.15) is 22.4 Å². The number of pyridine rings is 1. The maximum absolute atomic E-state index is 13.9. The summed E-state index contributed by atoms with van der Waals surface area (Å²) >= 11 is 6.85. The third-order valence-electron chi connectivity index (χ3n) is 7.23. The van der Waals surface area contributed by atoms with Crippen molar-refractivity contribution in [3.05, 3.63) is 88.2 Å². The van der Waals surface area contributed by atoms with Crippen LogP contribution in [-0.2, 0) is 16.1 Å². The van der Waals surface area contributed by atoms with Crippen LogP contribution in [0.25, 0.3) is 0 Å². The Morgan fingerprint density at radius 2 is 1.87 bits per heavy atom. The fourth-order valence-corrected chi connectivity index (χ4v) is 5.65. The predicted octanol–water partition coefficient (Wildman–Crippen LogP) is 6.85. The van der Waals surface area contributed by atoms with Crippen LogP contribution in [0.1, 0.15) is 57.7 Å². The van der Waals surface area contributed by atoms with E-state index in [9.17, 15) is 14.7 Å². The van der Waals surface area contributed by atoms with Crippen molar-refractivity contribution in [2.75, 3.05) is 15.5 Å². The predicted molar refractivity (Wildman–Crippen MR) is 155 cm³/mol. The van der Waals surface area contributed by atoms with Crippen LogP contribution in [0.5, 0.6) is 5.75 Å². The molecule has 7 nitrogen and oxygen atoms in total. The Morgan fingerprint density at radius 1 is 1.13 bits per heavy atom. The average Bonchev–Trinajstić information content (AvgIpc) is 3.02. The summed E-state index contributed by atoms with van der Waals surface area (Å²) in [4.78, 5) is 33.9. The van der Waals surface area contributed by atoms with E-state index in [-0.39, 0.29) is 33.9 Å². The summed E-state index contributed by atoms with van der Waals surface area (Å²) in [5.41, 5.74) is 3.41. The van der Waals surface area contributed by atoms with Crippen LogP contribution in [0, 0.1) is 11.3 Å². The van der Waals surface area contributed by atoms with Crippen LogP contribution >= 0.6 is 11.6 Å². The first-order valence-corrected chi connectivity index (χ1v) is 13.6. The standard InChI is InChI=1S/C31H33ClN4O3/c1-18(2)30(39)36-22-11-8-12-23(37)27(22)34-21-15-31(3,4)16-24(38)26(21)28(36)20-13-14-25(35-29(20)32)33-17-19-9-6-5-7-10-19/h5-14,18,28,34,37H,15-17H2,1-4H3,(H,33,35). The molecule has 1 unspecified atom stereocenters. The van der Waals surface area contributed by atoms with Gasteiger partial charge in [-0.2, -0.15) is 0 Å². The summed E-state index contributed by atoms with van der Waals surface area (Å²) in [6.45, 7) is 8.29. The number of allylic oxidation sites excluding steroid dienone is 1. The molecule has 0 spiro atoms. The van der Waals surface area contributed by atoms with E-state index in [2.05, 4.69) is 15.6 Å². The zero-order valence-corrected chi connectivity index (χ0v) is 23.3. The van der Waals surface area contributed by atoms with Crippen LogP contribution in [0.4, 0.5) is 17.2 Å². The van der Waals surface area contributed by atoms with Gasteiger partial charge in [-0.1, -0.05) is 75.7 Å². The Balaban J connectivity index is 1.66. The zero-order valence-electron chi connectivity index (χ0n) is 22.6. The van der Waals surface area contributed by atoms with E-state index in [4.69, 9.17) is 11.6 Å². The molecule has 1 amide bonds. The van der Waals surface area contributed by atoms with Crippen molar-refractivity contribution in [2.45, 2.75) is 53.1 Å². The second-order valence-corrected chi connectivity index (χ2v) is 11.7. The first-order chi connectivity index (χ1) is 18.6. The number of phenols is 1. The van der Waals surface area contributed by atoms with Crippen molar-refractivity contribution in [1.29, 1.82) is 0 Å². The molecule has 8 heteroatoms. The van der Waals surface area contributed by atoms with Gasteiger partial charge < -0.3 is 15.7 Å². The van der Waals surface area contributed by atoms with Gasteiger partial charge in [-0.05, 0) is 41.7 Å². The third-order valence-corrected chi connectivity index (χ3v) is 7.53. The van der Waals surface area contributed by atoms with Crippen LogP contribution in [0.3, 0.4) is 0 Å². The van der Waals surface area contributed by atoms with Gasteiger partial charge in [0, 0.05) is 35.7 Å². The molecule has 1 aromatic heterocycles. The lowest BCUT2D eigenvalue weighted by Gasteiger charge is -2.37. The van der Waals surface area contributed by atoms with Crippen molar-refractivity contribution < 1.29 is 14.7 Å². The van der Waals surface area contributed by atoms with E-state index in [1.165, 1.54) is 0 Å². The van der Waals surface area contributed by atoms with Gasteiger partial charge in [-0.15, -0.1) is 0 Å². The lowest BCUT2D eigenvalue weighted by atomic mass is 9.73. The number of phenolic OH excluding ortho intramolecular Hbond substituents is 1. The number of hydrogen-bond acceptors (Lipinski definition) is 6. The van der Waals surface area contributed by atoms with E-state index in [1.807, 2.05) is 70.2 Å². The van der Waals surface area contributed by atoms with E-state index >= 15 is 0 Å². The molecular formula is C31H33ClN4O3. The first kappa shape index (κ1) is 26.8. The SMILES string of the molecule is CC(C)C(=O)N1c2cccc(O)c2NC2=C(C(=O)CC(C)(C)C2)C1c1ccc(NCc2ccccc2)nc1Cl. The average molecular weight is 545 g/mol. The van der Waals surface area contributed by atoms with Crippen molar-refractivity contribution in [2.24, 2.45) is 11.3 Å². The number of para-hydroxylation sites is 1. The number of Topliss-reactive ketones (excluding diaryl/α,β-unsaturated/α-hetero) is 1. The molecule has 1 aliphatic heterocycles. The Morgan fingerprint density at radius 3 is 2.56 bits per heavy atom. The number of ketones is 1. The normalized spacial score (nSPS) is 18.3. The Bertz CT molecular complexity index is 1470. The Hall–Kier alpha value is -3.84. The van der Waals surface area contributed by atoms with E-state index in [1.54, 1.807) is 23.1 Å². The minimum absolute atomic E-state index is 0.00191. The molecule has 3 N–H and O–H groups in total. The lowest BCUT2D eigenvalue weighted by Crippen LogP contribution is -2.41. The maximum Gasteiger partial charge on any atom is 0.230 e. The fourth-order valence-electron chi connectivity index (χ4n) is 5.39. The molecule has 1 aliphatic carbocycles. The van der Waals surface area contributed by atoms with Crippen LogP contribution in [0.15, 0.2) is 71.9 Å². The van der Waals surface area contributed by atoms with E-state index in [0.29, 0.717) is 53.4 Å². The highest BCUT2D eigenvalue weighted by Crippen LogP contribution is 2.51. The number of carbonyl (C=O) groups is 2. The zero-order chi connectivity index (χ0) is 27.9. The highest BCUT2D eigenvalue weighted by Gasteiger charge is 2.44. The molecule has 39 heavy (non-hydrogen) atoms. The number of anilines is 3. The Kier molecular flexibility index (Phi) is 7.12. The molecule has 2 heterocycles. The molecule has 3 aromatic rings. The van der Waals surface area contributed by atoms with Crippen molar-refractivity contribution in [3.63, 3.8) is 0 Å². The van der Waals surface area contributed by atoms with Gasteiger partial charge in [0.25, 0.3) is 0 Å². The van der Waals surface area contributed by atoms with E-state index in [0.717, 1.165) is 5.56 Å². The van der Waals surface area contributed by atoms with Crippen molar-refractivity contribution in [3.8, 4) is 5.75 Å². The largest absolute Gasteiger partial charge is 0.506 e. The summed E-state index contributed by atoms with van der Waals surface area (Å²) in [7, 11) is 0. The number of nitrogens with zero attached hydrogens (tertiary/aromatic N) is 2. The fraction of sp³-hybridized carbons (Fsp3) is 0.323. The van der Waals surface area contributed by atoms with Crippen molar-refractivity contribution in [1.82, 2.24) is 4.98 Å². The van der Waals surface area contributed by atoms with Crippen LogP contribution in [-0.4, -0.2) is 21.8 Å². The van der Waals surface area contributed by atoms with Gasteiger partial charge in [0.2, 0.25) is 5.91 Å². The number of aromatic nitrogens is 1. The third kappa shape index (κ3) is 5.23. The highest BCUT2D eigenvalue weighted by atomic mass is 35.5. The molecule has 5 rings (SSSR count). The summed E-state index contributed by atoms with van der Waals surface area (Å²) in [5, 5.41) is 17.7. The second-order valence-electron chi connectivity index (χ2n) is 11.3. The van der Waals surface area contributed by atoms with Crippen LogP contribution < -0.4 is 15.5 Å². The second kappa shape index (κ2) is 10.4. The summed E-state index contributed by atoms with van der Waals surface area (Å²) in [6, 6.07) is 17.9. The number of halogens is 1. The van der Waals surface area contributed by atoms with Crippen LogP contribution in [0.2, 0.25) is 5.15 Å². The molecule has 0 saturated carbocycles. The topological polar surface area (TPSA) is 94.6 Å². The Labute approximate surface area is 233 Å². The maximum atomic E-state index is 13.9. The molecule has 1 atom stereocenters. The number of amides is 1. The minimum atomic E-state index is -0.808. The van der Waals surface area contributed by atoms with Gasteiger partial charge >= 0.3 is 0 Å². The highest BCUT2D eigenvalue weighted by molar-refractivity contribution is 6.30. The number of carbonyl (C=O) groups excluding carboxylic acids is 2. The molecule has 0 radical (unpaired) electrons. The van der Waals surface area contributed by atoms with Gasteiger partial charge in [0.15, 0.2) is 5.78 Å². The molecule has 0 saturated heterocycles. The summed E-state index contributed by atoms with van der Waals surface area (Å²) < 4.78 is 0. The smallest absolute Gasteiger partial charge is 0.230 e. The molecule has 0 bridgehead atoms. The molecule has 2 aliphatic rings. The van der Waals surface area contributed by atoms with Gasteiger partial charge in [-0.3, -0.25) is 14.5 Å². The first-order valence-electron chi connectivity index (χ1n) is 13.2. The van der Waals surface area contributed by atoms with E-state index < -0.39 is 6.04 Å². The minimum Gasteiger partial charge on any atom is -0.506 e. The molecular weight excluding hydrogens is 512 g/mol. The lowest BCUT2D eigenvalue weighted by molar-refractivity contribution is -0.122. The quantitative estimate of drug-likeness (QED) is 0.240. The molecule has 202 valence electrons. The summed E-state index contributed by atoms with van der Waals surface area (Å²) in [6.07, 6.45) is 0.904. The monoisotopic (exact) mass is 544 g/mol. The number of rotatable bonds is 5. The number of fused-ring (bicyclic) bond motifs is 1. The van der Waals surface area contributed by atoms with Gasteiger partial charge in [0.05, 0.1) is 11.7 Å². The van der Waals surface area contributed by atoms with Crippen molar-refractivity contribution >= 4 is 40.5 Å². The molecule has 0 fully saturated rings. The van der Waals surface area contributed by atoms with Gasteiger partial charge in [-0.25, -0.2) is 4.98 Å². The molecule has 2 aromatic carbocycles. The number of aromatic hydroxyl groups is 1.